The lowest BCUT2D eigenvalue weighted by Gasteiger charge is -2.13. The van der Waals surface area contributed by atoms with Crippen LogP contribution in [-0.4, -0.2) is 29.9 Å². The zero-order chi connectivity index (χ0) is 17.7. The zero-order valence-corrected chi connectivity index (χ0v) is 17.5. The summed E-state index contributed by atoms with van der Waals surface area (Å²) in [5.74, 6) is 0.513. The molecule has 2 aromatic rings. The van der Waals surface area contributed by atoms with Crippen LogP contribution in [0, 0.1) is 19.7 Å². The van der Waals surface area contributed by atoms with Crippen LogP contribution in [0.2, 0.25) is 0 Å². The van der Waals surface area contributed by atoms with Crippen molar-refractivity contribution < 1.29 is 9.13 Å². The minimum atomic E-state index is -0.374. The third-order valence-corrected chi connectivity index (χ3v) is 3.99. The van der Waals surface area contributed by atoms with Gasteiger partial charge in [0.1, 0.15) is 0 Å². The van der Waals surface area contributed by atoms with Gasteiger partial charge in [-0.1, -0.05) is 6.07 Å². The van der Waals surface area contributed by atoms with E-state index in [-0.39, 0.29) is 35.5 Å². The molecule has 0 amide bonds. The fraction of sp³-hybridized carbons (Fsp3) is 0.412. The van der Waals surface area contributed by atoms with Crippen molar-refractivity contribution in [2.45, 2.75) is 26.9 Å². The van der Waals surface area contributed by atoms with Crippen LogP contribution in [-0.2, 0) is 20.1 Å². The Bertz CT molecular complexity index is 745. The number of nitrogens with zero attached hydrogens (tertiary/aromatic N) is 3. The first-order valence-corrected chi connectivity index (χ1v) is 7.72. The highest BCUT2D eigenvalue weighted by atomic mass is 127. The van der Waals surface area contributed by atoms with Crippen LogP contribution >= 0.6 is 24.0 Å². The first kappa shape index (κ1) is 21.2. The number of hydrogen-bond donors (Lipinski definition) is 2. The molecule has 1 heterocycles. The van der Waals surface area contributed by atoms with E-state index in [4.69, 9.17) is 4.74 Å². The van der Waals surface area contributed by atoms with E-state index in [0.717, 1.165) is 22.5 Å². The second kappa shape index (κ2) is 9.59. The molecule has 0 aliphatic heterocycles. The van der Waals surface area contributed by atoms with Gasteiger partial charge in [-0.3, -0.25) is 9.67 Å². The number of nitrogens with one attached hydrogen (secondary N) is 2. The maximum atomic E-state index is 13.7. The normalized spacial score (nSPS) is 11.0. The third-order valence-electron chi connectivity index (χ3n) is 3.99. The highest BCUT2D eigenvalue weighted by Gasteiger charge is 2.10. The maximum absolute atomic E-state index is 13.7. The quantitative estimate of drug-likeness (QED) is 0.409. The Balaban J connectivity index is 0.00000312. The van der Waals surface area contributed by atoms with Gasteiger partial charge in [-0.2, -0.15) is 5.10 Å². The van der Waals surface area contributed by atoms with Gasteiger partial charge in [0.15, 0.2) is 17.5 Å². The van der Waals surface area contributed by atoms with Gasteiger partial charge in [-0.05, 0) is 31.5 Å². The van der Waals surface area contributed by atoms with Crippen LogP contribution in [0.15, 0.2) is 23.2 Å². The highest BCUT2D eigenvalue weighted by molar-refractivity contribution is 14.0. The van der Waals surface area contributed by atoms with Crippen LogP contribution in [0.1, 0.15) is 22.5 Å². The minimum Gasteiger partial charge on any atom is -0.494 e. The van der Waals surface area contributed by atoms with E-state index in [1.807, 2.05) is 31.6 Å². The van der Waals surface area contributed by atoms with Gasteiger partial charge in [0, 0.05) is 38.4 Å². The average molecular weight is 461 g/mol. The largest absolute Gasteiger partial charge is 0.494 e. The average Bonchev–Trinajstić information content (AvgIpc) is 2.80. The molecule has 0 spiro atoms. The fourth-order valence-corrected chi connectivity index (χ4v) is 2.47. The second-order valence-electron chi connectivity index (χ2n) is 5.52. The molecule has 1 aromatic carbocycles. The SMILES string of the molecule is CN=C(NCc1ccc(OC)c(F)c1)NCc1c(C)nn(C)c1C.I. The van der Waals surface area contributed by atoms with Crippen LogP contribution < -0.4 is 15.4 Å². The minimum absolute atomic E-state index is 0. The zero-order valence-electron chi connectivity index (χ0n) is 15.2. The topological polar surface area (TPSA) is 63.5 Å². The molecule has 0 unspecified atom stereocenters. The lowest BCUT2D eigenvalue weighted by atomic mass is 10.2. The summed E-state index contributed by atoms with van der Waals surface area (Å²) in [6, 6.07) is 4.89. The first-order valence-electron chi connectivity index (χ1n) is 7.72. The Morgan fingerprint density at radius 2 is 1.96 bits per heavy atom. The number of aromatic nitrogens is 2. The van der Waals surface area contributed by atoms with Crippen LogP contribution in [0.4, 0.5) is 4.39 Å². The Morgan fingerprint density at radius 1 is 1.28 bits per heavy atom. The number of rotatable bonds is 5. The molecule has 2 rings (SSSR count). The van der Waals surface area contributed by atoms with E-state index < -0.39 is 0 Å². The number of halogens is 2. The van der Waals surface area contributed by atoms with Crippen molar-refractivity contribution in [3.05, 3.63) is 46.5 Å². The molecule has 0 fully saturated rings. The number of hydrogen-bond acceptors (Lipinski definition) is 3. The number of guanidine groups is 1. The predicted octanol–water partition coefficient (Wildman–Crippen LogP) is 2.67. The fourth-order valence-electron chi connectivity index (χ4n) is 2.47. The number of benzene rings is 1. The Hall–Kier alpha value is -1.84. The number of methoxy groups -OCH3 is 1. The van der Waals surface area contributed by atoms with Gasteiger partial charge in [-0.15, -0.1) is 24.0 Å². The van der Waals surface area contributed by atoms with Crippen LogP contribution in [0.3, 0.4) is 0 Å². The van der Waals surface area contributed by atoms with Gasteiger partial charge in [0.05, 0.1) is 12.8 Å². The van der Waals surface area contributed by atoms with Gasteiger partial charge in [-0.25, -0.2) is 4.39 Å². The van der Waals surface area contributed by atoms with Crippen molar-refractivity contribution in [3.63, 3.8) is 0 Å². The van der Waals surface area contributed by atoms with Crippen molar-refractivity contribution in [3.8, 4) is 5.75 Å². The van der Waals surface area contributed by atoms with Crippen molar-refractivity contribution >= 4 is 29.9 Å². The molecule has 0 saturated heterocycles. The van der Waals surface area contributed by atoms with E-state index >= 15 is 0 Å². The van der Waals surface area contributed by atoms with Crippen molar-refractivity contribution in [1.82, 2.24) is 20.4 Å². The van der Waals surface area contributed by atoms with E-state index in [1.54, 1.807) is 13.1 Å². The Labute approximate surface area is 164 Å². The first-order chi connectivity index (χ1) is 11.5. The molecular formula is C17H25FIN5O. The summed E-state index contributed by atoms with van der Waals surface area (Å²) in [7, 11) is 5.08. The molecule has 6 nitrogen and oxygen atoms in total. The summed E-state index contributed by atoms with van der Waals surface area (Å²) in [5.41, 5.74) is 4.07. The molecule has 2 N–H and O–H groups in total. The molecule has 0 saturated carbocycles. The molecular weight excluding hydrogens is 436 g/mol. The Kier molecular flexibility index (Phi) is 8.14. The smallest absolute Gasteiger partial charge is 0.191 e. The molecule has 25 heavy (non-hydrogen) atoms. The summed E-state index contributed by atoms with van der Waals surface area (Å²) in [4.78, 5) is 4.19. The molecule has 8 heteroatoms. The van der Waals surface area contributed by atoms with Crippen molar-refractivity contribution in [2.75, 3.05) is 14.2 Å². The summed E-state index contributed by atoms with van der Waals surface area (Å²) in [6.07, 6.45) is 0. The maximum Gasteiger partial charge on any atom is 0.191 e. The van der Waals surface area contributed by atoms with Gasteiger partial charge in [0.25, 0.3) is 0 Å². The van der Waals surface area contributed by atoms with Gasteiger partial charge < -0.3 is 15.4 Å². The number of aryl methyl sites for hydroxylation is 2. The van der Waals surface area contributed by atoms with E-state index in [9.17, 15) is 4.39 Å². The third kappa shape index (κ3) is 5.32. The summed E-state index contributed by atoms with van der Waals surface area (Å²) < 4.78 is 20.5. The summed E-state index contributed by atoms with van der Waals surface area (Å²) in [6.45, 7) is 5.11. The number of aliphatic imine (C=N–C) groups is 1. The highest BCUT2D eigenvalue weighted by Crippen LogP contribution is 2.17. The Morgan fingerprint density at radius 3 is 2.48 bits per heavy atom. The van der Waals surface area contributed by atoms with Crippen molar-refractivity contribution in [1.29, 1.82) is 0 Å². The molecule has 0 aliphatic rings. The summed E-state index contributed by atoms with van der Waals surface area (Å²) >= 11 is 0. The summed E-state index contributed by atoms with van der Waals surface area (Å²) in [5, 5.41) is 10.8. The van der Waals surface area contributed by atoms with Gasteiger partial charge >= 0.3 is 0 Å². The molecule has 0 bridgehead atoms. The van der Waals surface area contributed by atoms with E-state index in [2.05, 4.69) is 20.7 Å². The monoisotopic (exact) mass is 461 g/mol. The molecule has 0 aliphatic carbocycles. The molecule has 0 atom stereocenters. The lowest BCUT2D eigenvalue weighted by molar-refractivity contribution is 0.386. The molecule has 0 radical (unpaired) electrons. The second-order valence-corrected chi connectivity index (χ2v) is 5.52. The van der Waals surface area contributed by atoms with E-state index in [1.165, 1.54) is 13.2 Å². The van der Waals surface area contributed by atoms with E-state index in [0.29, 0.717) is 19.0 Å². The number of ether oxygens (including phenoxy) is 1. The van der Waals surface area contributed by atoms with Gasteiger partial charge in [0.2, 0.25) is 0 Å². The predicted molar refractivity (Wildman–Crippen MR) is 108 cm³/mol. The van der Waals surface area contributed by atoms with Crippen LogP contribution in [0.5, 0.6) is 5.75 Å². The van der Waals surface area contributed by atoms with Crippen molar-refractivity contribution in [2.24, 2.45) is 12.0 Å². The lowest BCUT2D eigenvalue weighted by Crippen LogP contribution is -2.36. The molecule has 138 valence electrons. The molecule has 1 aromatic heterocycles. The van der Waals surface area contributed by atoms with Crippen LogP contribution in [0.25, 0.3) is 0 Å². The standard InChI is InChI=1S/C17H24FN5O.HI/c1-11-14(12(2)23(4)22-11)10-21-17(19-3)20-9-13-6-7-16(24-5)15(18)8-13;/h6-8H,9-10H2,1-5H3,(H2,19,20,21);1H.